The van der Waals surface area contributed by atoms with E-state index in [1.54, 1.807) is 5.57 Å². The highest BCUT2D eigenvalue weighted by Crippen LogP contribution is 2.20. The Morgan fingerprint density at radius 2 is 1.92 bits per heavy atom. The van der Waals surface area contributed by atoms with Gasteiger partial charge in [-0.1, -0.05) is 11.6 Å². The van der Waals surface area contributed by atoms with Gasteiger partial charge in [0.05, 0.1) is 22.4 Å². The van der Waals surface area contributed by atoms with Crippen molar-refractivity contribution in [1.82, 2.24) is 15.3 Å². The first kappa shape index (κ1) is 16.8. The molecule has 24 heavy (non-hydrogen) atoms. The van der Waals surface area contributed by atoms with Crippen molar-refractivity contribution in [2.45, 2.75) is 46.0 Å². The van der Waals surface area contributed by atoms with E-state index in [4.69, 9.17) is 12.2 Å². The number of allylic oxidation sites excluding steroid dienone is 1. The molecule has 0 saturated heterocycles. The third-order valence-corrected chi connectivity index (χ3v) is 4.70. The molecule has 1 aromatic heterocycles. The number of fused-ring (bicyclic) bond motifs is 1. The second-order valence-electron chi connectivity index (χ2n) is 6.34. The first-order valence-corrected chi connectivity index (χ1v) is 9.00. The molecule has 126 valence electrons. The zero-order valence-electron chi connectivity index (χ0n) is 14.4. The number of nitrogens with one attached hydrogen (secondary N) is 2. The molecule has 2 N–H and O–H groups in total. The Balaban J connectivity index is 1.56. The molecule has 1 aliphatic rings. The number of hydrogen-bond acceptors (Lipinski definition) is 3. The molecule has 4 nitrogen and oxygen atoms in total. The molecule has 0 unspecified atom stereocenters. The van der Waals surface area contributed by atoms with Crippen molar-refractivity contribution in [1.29, 1.82) is 0 Å². The zero-order chi connectivity index (χ0) is 16.9. The maximum absolute atomic E-state index is 5.39. The minimum atomic E-state index is 0.655. The average molecular weight is 340 g/mol. The quantitative estimate of drug-likeness (QED) is 0.637. The van der Waals surface area contributed by atoms with Gasteiger partial charge in [-0.3, -0.25) is 0 Å². The molecule has 0 saturated carbocycles. The summed E-state index contributed by atoms with van der Waals surface area (Å²) in [6, 6.07) is 5.96. The van der Waals surface area contributed by atoms with E-state index in [1.807, 2.05) is 32.0 Å². The molecule has 2 aromatic rings. The van der Waals surface area contributed by atoms with Crippen LogP contribution in [0.2, 0.25) is 0 Å². The van der Waals surface area contributed by atoms with Gasteiger partial charge in [-0.05, 0) is 76.4 Å². The number of thiocarbonyl (C=S) groups is 1. The summed E-state index contributed by atoms with van der Waals surface area (Å²) in [6.07, 6.45) is 8.59. The van der Waals surface area contributed by atoms with Crippen LogP contribution >= 0.6 is 12.2 Å². The van der Waals surface area contributed by atoms with Crippen molar-refractivity contribution in [2.75, 3.05) is 11.9 Å². The highest BCUT2D eigenvalue weighted by molar-refractivity contribution is 7.80. The van der Waals surface area contributed by atoms with Crippen LogP contribution in [-0.2, 0) is 0 Å². The number of rotatable bonds is 4. The van der Waals surface area contributed by atoms with E-state index < -0.39 is 0 Å². The predicted molar refractivity (Wildman–Crippen MR) is 104 cm³/mol. The lowest BCUT2D eigenvalue weighted by Crippen LogP contribution is -2.29. The van der Waals surface area contributed by atoms with Crippen molar-refractivity contribution >= 4 is 34.1 Å². The summed E-state index contributed by atoms with van der Waals surface area (Å²) in [5.74, 6) is 0. The molecule has 1 heterocycles. The fourth-order valence-electron chi connectivity index (χ4n) is 2.95. The summed E-state index contributed by atoms with van der Waals surface area (Å²) in [7, 11) is 0. The van der Waals surface area contributed by atoms with Gasteiger partial charge in [-0.2, -0.15) is 0 Å². The molecule has 0 atom stereocenters. The van der Waals surface area contributed by atoms with E-state index in [2.05, 4.69) is 26.7 Å². The van der Waals surface area contributed by atoms with Gasteiger partial charge in [-0.25, -0.2) is 9.97 Å². The zero-order valence-corrected chi connectivity index (χ0v) is 15.2. The molecule has 0 radical (unpaired) electrons. The second-order valence-corrected chi connectivity index (χ2v) is 6.75. The number of hydrogen-bond donors (Lipinski definition) is 2. The molecule has 0 bridgehead atoms. The van der Waals surface area contributed by atoms with Crippen molar-refractivity contribution < 1.29 is 0 Å². The number of anilines is 1. The molecule has 5 heteroatoms. The molecule has 1 aromatic carbocycles. The van der Waals surface area contributed by atoms with Gasteiger partial charge < -0.3 is 10.6 Å². The van der Waals surface area contributed by atoms with Gasteiger partial charge in [0, 0.05) is 12.2 Å². The number of aryl methyl sites for hydroxylation is 2. The van der Waals surface area contributed by atoms with Crippen LogP contribution in [0.25, 0.3) is 11.0 Å². The van der Waals surface area contributed by atoms with Crippen LogP contribution in [-0.4, -0.2) is 21.6 Å². The lowest BCUT2D eigenvalue weighted by molar-refractivity contribution is 0.669. The Hall–Kier alpha value is -2.01. The Morgan fingerprint density at radius 1 is 1.12 bits per heavy atom. The Labute approximate surface area is 148 Å². The standard InChI is InChI=1S/C19H24N4S/c1-13-14(2)22-18-12-16(8-9-17(18)21-13)23-19(24)20-11-10-15-6-4-3-5-7-15/h6,8-9,12H,3-5,7,10-11H2,1-2H3,(H2,20,23,24). The Kier molecular flexibility index (Phi) is 5.41. The fraction of sp³-hybridized carbons (Fsp3) is 0.421. The van der Waals surface area contributed by atoms with Crippen molar-refractivity contribution in [2.24, 2.45) is 0 Å². The maximum Gasteiger partial charge on any atom is 0.170 e. The summed E-state index contributed by atoms with van der Waals surface area (Å²) >= 11 is 5.39. The number of benzene rings is 1. The van der Waals surface area contributed by atoms with Crippen LogP contribution in [0.5, 0.6) is 0 Å². The second kappa shape index (κ2) is 7.71. The Morgan fingerprint density at radius 3 is 2.67 bits per heavy atom. The van der Waals surface area contributed by atoms with Crippen molar-refractivity contribution in [3.8, 4) is 0 Å². The van der Waals surface area contributed by atoms with E-state index in [0.29, 0.717) is 5.11 Å². The highest BCUT2D eigenvalue weighted by Gasteiger charge is 2.05. The third kappa shape index (κ3) is 4.29. The first-order valence-electron chi connectivity index (χ1n) is 8.59. The number of nitrogens with zero attached hydrogens (tertiary/aromatic N) is 2. The summed E-state index contributed by atoms with van der Waals surface area (Å²) in [4.78, 5) is 9.14. The molecule has 0 spiro atoms. The van der Waals surface area contributed by atoms with Gasteiger partial charge in [0.1, 0.15) is 0 Å². The van der Waals surface area contributed by atoms with Gasteiger partial charge in [-0.15, -0.1) is 0 Å². The van der Waals surface area contributed by atoms with E-state index >= 15 is 0 Å². The average Bonchev–Trinajstić information content (AvgIpc) is 2.57. The van der Waals surface area contributed by atoms with Crippen LogP contribution < -0.4 is 10.6 Å². The molecule has 0 aliphatic heterocycles. The topological polar surface area (TPSA) is 49.8 Å². The Bertz CT molecular complexity index is 782. The summed E-state index contributed by atoms with van der Waals surface area (Å²) in [6.45, 7) is 4.84. The van der Waals surface area contributed by atoms with Gasteiger partial charge in [0.2, 0.25) is 0 Å². The van der Waals surface area contributed by atoms with E-state index in [1.165, 1.54) is 25.7 Å². The SMILES string of the molecule is Cc1nc2ccc(NC(=S)NCCC3=CCCCC3)cc2nc1C. The molecule has 1 aliphatic carbocycles. The minimum Gasteiger partial charge on any atom is -0.362 e. The molecule has 0 amide bonds. The molecular formula is C19H24N4S. The lowest BCUT2D eigenvalue weighted by Gasteiger charge is -2.14. The van der Waals surface area contributed by atoms with Gasteiger partial charge in [0.25, 0.3) is 0 Å². The maximum atomic E-state index is 5.39. The third-order valence-electron chi connectivity index (χ3n) is 4.45. The van der Waals surface area contributed by atoms with Crippen LogP contribution in [0.3, 0.4) is 0 Å². The van der Waals surface area contributed by atoms with E-state index in [-0.39, 0.29) is 0 Å². The summed E-state index contributed by atoms with van der Waals surface area (Å²) < 4.78 is 0. The van der Waals surface area contributed by atoms with Crippen LogP contribution in [0.15, 0.2) is 29.8 Å². The van der Waals surface area contributed by atoms with Gasteiger partial charge in [0.15, 0.2) is 5.11 Å². The molecule has 3 rings (SSSR count). The monoisotopic (exact) mass is 340 g/mol. The molecular weight excluding hydrogens is 316 g/mol. The van der Waals surface area contributed by atoms with Crippen LogP contribution in [0.1, 0.15) is 43.5 Å². The fourth-order valence-corrected chi connectivity index (χ4v) is 3.17. The van der Waals surface area contributed by atoms with Crippen LogP contribution in [0.4, 0.5) is 5.69 Å². The summed E-state index contributed by atoms with van der Waals surface area (Å²) in [5.41, 5.74) is 6.22. The normalized spacial score (nSPS) is 14.3. The van der Waals surface area contributed by atoms with Crippen molar-refractivity contribution in [3.63, 3.8) is 0 Å². The highest BCUT2D eigenvalue weighted by atomic mass is 32.1. The molecule has 0 fully saturated rings. The number of aromatic nitrogens is 2. The van der Waals surface area contributed by atoms with Gasteiger partial charge >= 0.3 is 0 Å². The predicted octanol–water partition coefficient (Wildman–Crippen LogP) is 4.42. The van der Waals surface area contributed by atoms with E-state index in [0.717, 1.165) is 41.1 Å². The largest absolute Gasteiger partial charge is 0.362 e. The smallest absolute Gasteiger partial charge is 0.170 e. The van der Waals surface area contributed by atoms with Crippen molar-refractivity contribution in [3.05, 3.63) is 41.2 Å². The van der Waals surface area contributed by atoms with Crippen LogP contribution in [0, 0.1) is 13.8 Å². The van der Waals surface area contributed by atoms with E-state index in [9.17, 15) is 0 Å². The summed E-state index contributed by atoms with van der Waals surface area (Å²) in [5, 5.41) is 7.18. The lowest BCUT2D eigenvalue weighted by atomic mass is 9.97. The first-order chi connectivity index (χ1) is 11.6. The minimum absolute atomic E-state index is 0.655.